The van der Waals surface area contributed by atoms with Gasteiger partial charge in [0, 0.05) is 18.6 Å². The lowest BCUT2D eigenvalue weighted by atomic mass is 9.78. The number of rotatable bonds is 6. The second kappa shape index (κ2) is 8.66. The lowest BCUT2D eigenvalue weighted by Crippen LogP contribution is -2.43. The maximum atomic E-state index is 11.9. The smallest absolute Gasteiger partial charge is 0.445 e. The highest BCUT2D eigenvalue weighted by atomic mass is 16.7. The Morgan fingerprint density at radius 2 is 1.79 bits per heavy atom. The lowest BCUT2D eigenvalue weighted by molar-refractivity contribution is 0.00578. The minimum absolute atomic E-state index is 0.214. The Balaban J connectivity index is 1.92. The number of hydrogen-bond donors (Lipinski definition) is 1. The van der Waals surface area contributed by atoms with E-state index in [1.54, 1.807) is 0 Å². The summed E-state index contributed by atoms with van der Waals surface area (Å²) in [5.74, 6) is 0. The number of likely N-dealkylation sites (N-methyl/N-ethyl adjacent to an activating group) is 1. The van der Waals surface area contributed by atoms with Crippen LogP contribution in [-0.4, -0.2) is 54.5 Å². The highest BCUT2D eigenvalue weighted by Gasteiger charge is 2.51. The summed E-state index contributed by atoms with van der Waals surface area (Å²) in [7, 11) is 1.65. The molecular formula is C22H37BN2O4. The standard InChI is InChI=1S/C22H37BN2O4/c1-16(27-19(26)24-20(2,3)4)14-25(9)15-17-11-10-12-18(13-17)23-28-21(5,6)22(7,8)29-23/h10-13,16H,14-15H2,1-9H3,(H,24,26). The predicted octanol–water partition coefficient (Wildman–Crippen LogP) is 3.33. The Morgan fingerprint density at radius 3 is 2.34 bits per heavy atom. The van der Waals surface area contributed by atoms with Crippen LogP contribution in [0.1, 0.15) is 61.0 Å². The zero-order valence-corrected chi connectivity index (χ0v) is 19.5. The van der Waals surface area contributed by atoms with Gasteiger partial charge in [-0.1, -0.05) is 24.3 Å². The molecule has 2 rings (SSSR count). The zero-order chi connectivity index (χ0) is 22.0. The van der Waals surface area contributed by atoms with Crippen LogP contribution in [0.4, 0.5) is 4.79 Å². The summed E-state index contributed by atoms with van der Waals surface area (Å²) in [5.41, 5.74) is 1.15. The van der Waals surface area contributed by atoms with Crippen molar-refractivity contribution in [2.45, 2.75) is 84.8 Å². The van der Waals surface area contributed by atoms with Crippen molar-refractivity contribution in [3.63, 3.8) is 0 Å². The van der Waals surface area contributed by atoms with Gasteiger partial charge in [0.15, 0.2) is 0 Å². The predicted molar refractivity (Wildman–Crippen MR) is 117 cm³/mol. The van der Waals surface area contributed by atoms with E-state index >= 15 is 0 Å². The van der Waals surface area contributed by atoms with Crippen LogP contribution in [-0.2, 0) is 20.6 Å². The first-order chi connectivity index (χ1) is 13.2. The number of nitrogens with one attached hydrogen (secondary N) is 1. The first-order valence-corrected chi connectivity index (χ1v) is 10.3. The first-order valence-electron chi connectivity index (χ1n) is 10.3. The molecule has 1 heterocycles. The third-order valence-electron chi connectivity index (χ3n) is 5.28. The molecule has 0 radical (unpaired) electrons. The number of amides is 1. The zero-order valence-electron chi connectivity index (χ0n) is 19.5. The fourth-order valence-corrected chi connectivity index (χ4v) is 3.19. The van der Waals surface area contributed by atoms with Crippen LogP contribution in [0.15, 0.2) is 24.3 Å². The maximum absolute atomic E-state index is 11.9. The van der Waals surface area contributed by atoms with Crippen molar-refractivity contribution < 1.29 is 18.8 Å². The summed E-state index contributed by atoms with van der Waals surface area (Å²) >= 11 is 0. The van der Waals surface area contributed by atoms with E-state index in [-0.39, 0.29) is 36.1 Å². The molecule has 1 aromatic carbocycles. The van der Waals surface area contributed by atoms with E-state index < -0.39 is 0 Å². The minimum Gasteiger partial charge on any atom is -0.445 e. The Bertz CT molecular complexity index is 699. The van der Waals surface area contributed by atoms with Gasteiger partial charge in [0.2, 0.25) is 0 Å². The molecule has 7 heteroatoms. The van der Waals surface area contributed by atoms with Gasteiger partial charge < -0.3 is 19.4 Å². The summed E-state index contributed by atoms with van der Waals surface area (Å²) in [6.07, 6.45) is -0.602. The van der Waals surface area contributed by atoms with Crippen molar-refractivity contribution in [2.24, 2.45) is 0 Å². The van der Waals surface area contributed by atoms with Crippen molar-refractivity contribution in [3.05, 3.63) is 29.8 Å². The molecule has 6 nitrogen and oxygen atoms in total. The van der Waals surface area contributed by atoms with Crippen molar-refractivity contribution in [3.8, 4) is 0 Å². The molecule has 1 N–H and O–H groups in total. The molecule has 1 aromatic rings. The molecule has 0 saturated carbocycles. The molecule has 1 fully saturated rings. The third-order valence-corrected chi connectivity index (χ3v) is 5.28. The first kappa shape index (κ1) is 23.7. The quantitative estimate of drug-likeness (QED) is 0.737. The van der Waals surface area contributed by atoms with E-state index in [9.17, 15) is 4.79 Å². The van der Waals surface area contributed by atoms with Crippen LogP contribution in [0.3, 0.4) is 0 Å². The Hall–Kier alpha value is -1.57. The molecule has 29 heavy (non-hydrogen) atoms. The largest absolute Gasteiger partial charge is 0.494 e. The summed E-state index contributed by atoms with van der Waals surface area (Å²) in [6.45, 7) is 17.3. The number of carbonyl (C=O) groups is 1. The van der Waals surface area contributed by atoms with Gasteiger partial charge in [-0.3, -0.25) is 4.90 Å². The van der Waals surface area contributed by atoms with E-state index in [0.29, 0.717) is 6.54 Å². The van der Waals surface area contributed by atoms with E-state index in [4.69, 9.17) is 14.0 Å². The third kappa shape index (κ3) is 6.73. The second-order valence-corrected chi connectivity index (χ2v) is 10.1. The monoisotopic (exact) mass is 404 g/mol. The van der Waals surface area contributed by atoms with Gasteiger partial charge in [0.05, 0.1) is 11.2 Å². The van der Waals surface area contributed by atoms with Crippen LogP contribution in [0, 0.1) is 0 Å². The fraction of sp³-hybridized carbons (Fsp3) is 0.682. The van der Waals surface area contributed by atoms with Crippen LogP contribution in [0.2, 0.25) is 0 Å². The highest BCUT2D eigenvalue weighted by molar-refractivity contribution is 6.62. The maximum Gasteiger partial charge on any atom is 0.494 e. The van der Waals surface area contributed by atoms with Crippen LogP contribution < -0.4 is 10.8 Å². The molecule has 1 unspecified atom stereocenters. The summed E-state index contributed by atoms with van der Waals surface area (Å²) in [6, 6.07) is 8.27. The van der Waals surface area contributed by atoms with Gasteiger partial charge in [-0.15, -0.1) is 0 Å². The molecule has 1 saturated heterocycles. The summed E-state index contributed by atoms with van der Waals surface area (Å²) in [4.78, 5) is 14.1. The number of hydrogen-bond acceptors (Lipinski definition) is 5. The average molecular weight is 404 g/mol. The lowest BCUT2D eigenvalue weighted by Gasteiger charge is -2.32. The van der Waals surface area contributed by atoms with Gasteiger partial charge in [0.25, 0.3) is 0 Å². The summed E-state index contributed by atoms with van der Waals surface area (Å²) < 4.78 is 17.8. The van der Waals surface area contributed by atoms with Crippen molar-refractivity contribution >= 4 is 18.7 Å². The number of carbonyl (C=O) groups excluding carboxylic acids is 1. The second-order valence-electron chi connectivity index (χ2n) is 10.1. The van der Waals surface area contributed by atoms with Crippen molar-refractivity contribution in [2.75, 3.05) is 13.6 Å². The molecule has 1 aliphatic rings. The highest BCUT2D eigenvalue weighted by Crippen LogP contribution is 2.36. The number of ether oxygens (including phenoxy) is 1. The van der Waals surface area contributed by atoms with Crippen molar-refractivity contribution in [1.29, 1.82) is 0 Å². The molecule has 0 aliphatic carbocycles. The summed E-state index contributed by atoms with van der Waals surface area (Å²) in [5, 5.41) is 2.82. The van der Waals surface area contributed by atoms with Crippen LogP contribution in [0.25, 0.3) is 0 Å². The molecule has 1 amide bonds. The molecular weight excluding hydrogens is 367 g/mol. The van der Waals surface area contributed by atoms with Crippen LogP contribution >= 0.6 is 0 Å². The number of alkyl carbamates (subject to hydrolysis) is 1. The van der Waals surface area contributed by atoms with Gasteiger partial charge in [-0.05, 0) is 73.5 Å². The molecule has 1 aliphatic heterocycles. The molecule has 0 aromatic heterocycles. The molecule has 1 atom stereocenters. The normalized spacial score (nSPS) is 19.3. The van der Waals surface area contributed by atoms with Gasteiger partial charge in [-0.2, -0.15) is 0 Å². The Kier molecular flexibility index (Phi) is 7.08. The molecule has 162 valence electrons. The Morgan fingerprint density at radius 1 is 1.21 bits per heavy atom. The fourth-order valence-electron chi connectivity index (χ4n) is 3.19. The Labute approximate surface area is 176 Å². The van der Waals surface area contributed by atoms with E-state index in [2.05, 4.69) is 50.0 Å². The average Bonchev–Trinajstić information content (AvgIpc) is 2.73. The van der Waals surface area contributed by atoms with Gasteiger partial charge >= 0.3 is 13.2 Å². The number of nitrogens with zero attached hydrogens (tertiary/aromatic N) is 1. The molecule has 0 bridgehead atoms. The van der Waals surface area contributed by atoms with Crippen molar-refractivity contribution in [1.82, 2.24) is 10.2 Å². The number of benzene rings is 1. The SMILES string of the molecule is CC(CN(C)Cc1cccc(B2OC(C)(C)C(C)(C)O2)c1)OC(=O)NC(C)(C)C. The van der Waals surface area contributed by atoms with Crippen LogP contribution in [0.5, 0.6) is 0 Å². The van der Waals surface area contributed by atoms with E-state index in [1.165, 1.54) is 0 Å². The molecule has 0 spiro atoms. The van der Waals surface area contributed by atoms with E-state index in [1.807, 2.05) is 46.9 Å². The van der Waals surface area contributed by atoms with Gasteiger partial charge in [-0.25, -0.2) is 4.79 Å². The van der Waals surface area contributed by atoms with Gasteiger partial charge in [0.1, 0.15) is 6.10 Å². The minimum atomic E-state index is -0.388. The van der Waals surface area contributed by atoms with E-state index in [0.717, 1.165) is 17.6 Å². The topological polar surface area (TPSA) is 60.0 Å².